The van der Waals surface area contributed by atoms with Crippen LogP contribution in [0.4, 0.5) is 0 Å². The molecule has 21 heavy (non-hydrogen) atoms. The highest BCUT2D eigenvalue weighted by atomic mass is 35.5. The molecule has 3 rings (SSSR count). The highest BCUT2D eigenvalue weighted by Gasteiger charge is 2.18. The highest BCUT2D eigenvalue weighted by molar-refractivity contribution is 7.14. The molecule has 0 spiro atoms. The number of rotatable bonds is 3. The van der Waals surface area contributed by atoms with Crippen molar-refractivity contribution in [1.29, 1.82) is 0 Å². The first-order chi connectivity index (χ1) is 10.1. The molecule has 0 saturated heterocycles. The molecule has 0 aliphatic heterocycles. The number of hydrogen-bond acceptors (Lipinski definition) is 2. The predicted molar refractivity (Wildman–Crippen MR) is 88.3 cm³/mol. The molecule has 1 atom stereocenters. The summed E-state index contributed by atoms with van der Waals surface area (Å²) < 4.78 is 0. The molecule has 1 amide bonds. The van der Waals surface area contributed by atoms with E-state index in [2.05, 4.69) is 11.4 Å². The van der Waals surface area contributed by atoms with Gasteiger partial charge in [-0.05, 0) is 61.9 Å². The van der Waals surface area contributed by atoms with E-state index < -0.39 is 0 Å². The van der Waals surface area contributed by atoms with Crippen LogP contribution in [0.25, 0.3) is 0 Å². The van der Waals surface area contributed by atoms with Crippen molar-refractivity contribution < 1.29 is 4.79 Å². The van der Waals surface area contributed by atoms with E-state index in [1.165, 1.54) is 23.3 Å². The second-order valence-corrected chi connectivity index (χ2v) is 7.09. The first kappa shape index (κ1) is 14.6. The Morgan fingerprint density at radius 2 is 2.10 bits per heavy atom. The van der Waals surface area contributed by atoms with Gasteiger partial charge in [0.15, 0.2) is 0 Å². The molecule has 0 saturated carbocycles. The maximum absolute atomic E-state index is 12.4. The van der Waals surface area contributed by atoms with Gasteiger partial charge in [0.1, 0.15) is 0 Å². The fourth-order valence-electron chi connectivity index (χ4n) is 2.73. The van der Waals surface area contributed by atoms with Crippen LogP contribution in [0.3, 0.4) is 0 Å². The predicted octanol–water partition coefficient (Wildman–Crippen LogP) is 4.77. The van der Waals surface area contributed by atoms with E-state index in [0.717, 1.165) is 23.3 Å². The summed E-state index contributed by atoms with van der Waals surface area (Å²) in [6.45, 7) is 1.98. The lowest BCUT2D eigenvalue weighted by atomic mass is 9.99. The molecule has 110 valence electrons. The van der Waals surface area contributed by atoms with E-state index in [-0.39, 0.29) is 11.9 Å². The number of thiophene rings is 1. The second-order valence-electron chi connectivity index (χ2n) is 5.52. The van der Waals surface area contributed by atoms with Gasteiger partial charge >= 0.3 is 0 Å². The molecule has 1 heterocycles. The lowest BCUT2D eigenvalue weighted by molar-refractivity contribution is 0.0944. The molecular weight excluding hydrogens is 302 g/mol. The number of amides is 1. The summed E-state index contributed by atoms with van der Waals surface area (Å²) in [5.41, 5.74) is 2.39. The number of hydrogen-bond donors (Lipinski definition) is 1. The van der Waals surface area contributed by atoms with Crippen LogP contribution in [0.15, 0.2) is 30.3 Å². The van der Waals surface area contributed by atoms with Gasteiger partial charge in [-0.25, -0.2) is 0 Å². The Balaban J connectivity index is 1.72. The van der Waals surface area contributed by atoms with Crippen LogP contribution in [-0.4, -0.2) is 5.91 Å². The minimum absolute atomic E-state index is 0.0156. The van der Waals surface area contributed by atoms with Crippen molar-refractivity contribution in [2.45, 2.75) is 38.6 Å². The number of benzene rings is 1. The smallest absolute Gasteiger partial charge is 0.261 e. The Hall–Kier alpha value is -1.32. The van der Waals surface area contributed by atoms with Crippen LogP contribution in [-0.2, 0) is 12.8 Å². The standard InChI is InChI=1S/C17H18ClNOS/c1-11(12-6-4-7-14(18)9-12)19-17(20)16-10-13-5-2-3-8-15(13)21-16/h4,6-7,9-11H,2-3,5,8H2,1H3,(H,19,20)/t11-/m0/s1. The summed E-state index contributed by atoms with van der Waals surface area (Å²) in [5.74, 6) is 0.0156. The maximum Gasteiger partial charge on any atom is 0.261 e. The quantitative estimate of drug-likeness (QED) is 0.867. The lowest BCUT2D eigenvalue weighted by Gasteiger charge is -2.13. The molecule has 1 N–H and O–H groups in total. The van der Waals surface area contributed by atoms with E-state index in [1.807, 2.05) is 31.2 Å². The van der Waals surface area contributed by atoms with Crippen molar-refractivity contribution in [1.82, 2.24) is 5.32 Å². The van der Waals surface area contributed by atoms with Crippen molar-refractivity contribution in [3.63, 3.8) is 0 Å². The minimum atomic E-state index is -0.0460. The van der Waals surface area contributed by atoms with Crippen LogP contribution in [0.2, 0.25) is 5.02 Å². The third-order valence-corrected chi connectivity index (χ3v) is 5.39. The Morgan fingerprint density at radius 3 is 2.86 bits per heavy atom. The van der Waals surface area contributed by atoms with Gasteiger partial charge in [0.05, 0.1) is 10.9 Å². The van der Waals surface area contributed by atoms with E-state index >= 15 is 0 Å². The van der Waals surface area contributed by atoms with E-state index in [0.29, 0.717) is 5.02 Å². The van der Waals surface area contributed by atoms with Crippen LogP contribution in [0.1, 0.15) is 51.5 Å². The second kappa shape index (κ2) is 6.20. The molecule has 0 radical (unpaired) electrons. The van der Waals surface area contributed by atoms with Gasteiger partial charge in [0.2, 0.25) is 0 Å². The Labute approximate surface area is 134 Å². The zero-order valence-corrected chi connectivity index (χ0v) is 13.6. The molecular formula is C17H18ClNOS. The van der Waals surface area contributed by atoms with Gasteiger partial charge in [0, 0.05) is 9.90 Å². The summed E-state index contributed by atoms with van der Waals surface area (Å²) in [4.78, 5) is 14.6. The summed E-state index contributed by atoms with van der Waals surface area (Å²) in [7, 11) is 0. The van der Waals surface area contributed by atoms with Crippen molar-refractivity contribution in [3.8, 4) is 0 Å². The van der Waals surface area contributed by atoms with Crippen molar-refractivity contribution >= 4 is 28.8 Å². The highest BCUT2D eigenvalue weighted by Crippen LogP contribution is 2.30. The van der Waals surface area contributed by atoms with Crippen LogP contribution >= 0.6 is 22.9 Å². The molecule has 0 bridgehead atoms. The van der Waals surface area contributed by atoms with Gasteiger partial charge in [-0.3, -0.25) is 4.79 Å². The third kappa shape index (κ3) is 3.30. The normalized spacial score (nSPS) is 15.3. The number of halogens is 1. The Bertz CT molecular complexity index is 641. The lowest BCUT2D eigenvalue weighted by Crippen LogP contribution is -2.25. The SMILES string of the molecule is C[C@H](NC(=O)c1cc2c(s1)CCCC2)c1cccc(Cl)c1. The molecule has 1 aromatic heterocycles. The molecule has 0 unspecified atom stereocenters. The molecule has 0 fully saturated rings. The molecule has 1 aliphatic rings. The maximum atomic E-state index is 12.4. The fourth-order valence-corrected chi connectivity index (χ4v) is 4.09. The Kier molecular flexibility index (Phi) is 4.32. The number of fused-ring (bicyclic) bond motifs is 1. The zero-order chi connectivity index (χ0) is 14.8. The van der Waals surface area contributed by atoms with Gasteiger partial charge in [-0.2, -0.15) is 0 Å². The number of carbonyl (C=O) groups excluding carboxylic acids is 1. The average molecular weight is 320 g/mol. The van der Waals surface area contributed by atoms with E-state index in [1.54, 1.807) is 11.3 Å². The van der Waals surface area contributed by atoms with Crippen LogP contribution < -0.4 is 5.32 Å². The molecule has 2 nitrogen and oxygen atoms in total. The number of carbonyl (C=O) groups is 1. The minimum Gasteiger partial charge on any atom is -0.345 e. The van der Waals surface area contributed by atoms with Crippen molar-refractivity contribution in [2.75, 3.05) is 0 Å². The Morgan fingerprint density at radius 1 is 1.29 bits per heavy atom. The topological polar surface area (TPSA) is 29.1 Å². The monoisotopic (exact) mass is 319 g/mol. The number of aryl methyl sites for hydroxylation is 2. The number of nitrogens with one attached hydrogen (secondary N) is 1. The summed E-state index contributed by atoms with van der Waals surface area (Å²) in [5, 5.41) is 3.76. The zero-order valence-electron chi connectivity index (χ0n) is 12.0. The summed E-state index contributed by atoms with van der Waals surface area (Å²) >= 11 is 7.65. The van der Waals surface area contributed by atoms with Crippen molar-refractivity contribution in [2.24, 2.45) is 0 Å². The van der Waals surface area contributed by atoms with Gasteiger partial charge < -0.3 is 5.32 Å². The molecule has 1 aromatic carbocycles. The third-order valence-electron chi connectivity index (χ3n) is 3.92. The first-order valence-corrected chi connectivity index (χ1v) is 8.51. The average Bonchev–Trinajstić information content (AvgIpc) is 2.91. The van der Waals surface area contributed by atoms with Gasteiger partial charge in [0.25, 0.3) is 5.91 Å². The largest absolute Gasteiger partial charge is 0.345 e. The van der Waals surface area contributed by atoms with E-state index in [4.69, 9.17) is 11.6 Å². The first-order valence-electron chi connectivity index (χ1n) is 7.31. The fraction of sp³-hybridized carbons (Fsp3) is 0.353. The van der Waals surface area contributed by atoms with Crippen LogP contribution in [0.5, 0.6) is 0 Å². The van der Waals surface area contributed by atoms with E-state index in [9.17, 15) is 4.79 Å². The van der Waals surface area contributed by atoms with Crippen LogP contribution in [0, 0.1) is 0 Å². The molecule has 2 aromatic rings. The molecule has 1 aliphatic carbocycles. The van der Waals surface area contributed by atoms with Gasteiger partial charge in [-0.15, -0.1) is 11.3 Å². The van der Waals surface area contributed by atoms with Gasteiger partial charge in [-0.1, -0.05) is 23.7 Å². The summed E-state index contributed by atoms with van der Waals surface area (Å²) in [6.07, 6.45) is 4.72. The van der Waals surface area contributed by atoms with Crippen molar-refractivity contribution in [3.05, 3.63) is 56.2 Å². The summed E-state index contributed by atoms with van der Waals surface area (Å²) in [6, 6.07) is 9.65. The molecule has 4 heteroatoms.